The normalized spacial score (nSPS) is 10.9. The van der Waals surface area contributed by atoms with E-state index >= 15 is 0 Å². The van der Waals surface area contributed by atoms with Crippen molar-refractivity contribution in [3.63, 3.8) is 0 Å². The number of fused-ring (bicyclic) bond motifs is 1. The number of amides is 1. The van der Waals surface area contributed by atoms with Gasteiger partial charge in [0, 0.05) is 21.8 Å². The van der Waals surface area contributed by atoms with E-state index in [1.165, 1.54) is 4.88 Å². The summed E-state index contributed by atoms with van der Waals surface area (Å²) in [6, 6.07) is 11.5. The topological polar surface area (TPSA) is 33.2 Å². The lowest BCUT2D eigenvalue weighted by molar-refractivity contribution is 0.0753. The first-order chi connectivity index (χ1) is 11.1. The van der Waals surface area contributed by atoms with Crippen LogP contribution in [0.25, 0.3) is 10.9 Å². The van der Waals surface area contributed by atoms with Gasteiger partial charge in [0.25, 0.3) is 5.91 Å². The molecule has 0 saturated carbocycles. The molecule has 0 atom stereocenters. The van der Waals surface area contributed by atoms with Crippen LogP contribution in [-0.4, -0.2) is 22.3 Å². The van der Waals surface area contributed by atoms with Gasteiger partial charge in [0.1, 0.15) is 0 Å². The lowest BCUT2D eigenvalue weighted by Crippen LogP contribution is -2.30. The molecule has 1 amide bonds. The van der Waals surface area contributed by atoms with Gasteiger partial charge in [0.2, 0.25) is 0 Å². The summed E-state index contributed by atoms with van der Waals surface area (Å²) in [4.78, 5) is 20.5. The molecule has 0 radical (unpaired) electrons. The molecular weight excluding hydrogens is 328 g/mol. The highest BCUT2D eigenvalue weighted by Crippen LogP contribution is 2.22. The van der Waals surface area contributed by atoms with Crippen molar-refractivity contribution in [2.75, 3.05) is 6.54 Å². The molecule has 3 rings (SSSR count). The number of hydrogen-bond acceptors (Lipinski definition) is 3. The second-order valence-electron chi connectivity index (χ2n) is 5.36. The van der Waals surface area contributed by atoms with Crippen molar-refractivity contribution in [2.45, 2.75) is 20.4 Å². The molecule has 0 saturated heterocycles. The Labute approximate surface area is 144 Å². The van der Waals surface area contributed by atoms with Gasteiger partial charge >= 0.3 is 0 Å². The molecule has 0 aliphatic heterocycles. The van der Waals surface area contributed by atoms with Crippen molar-refractivity contribution in [1.82, 2.24) is 9.88 Å². The van der Waals surface area contributed by atoms with Crippen LogP contribution in [0.1, 0.15) is 27.9 Å². The first-order valence-electron chi connectivity index (χ1n) is 7.47. The number of carbonyl (C=O) groups excluding carboxylic acids is 1. The lowest BCUT2D eigenvalue weighted by atomic mass is 10.1. The number of halogens is 1. The van der Waals surface area contributed by atoms with Gasteiger partial charge in [0.05, 0.1) is 23.3 Å². The van der Waals surface area contributed by atoms with Crippen LogP contribution in [0.2, 0.25) is 5.02 Å². The Balaban J connectivity index is 1.96. The third-order valence-electron chi connectivity index (χ3n) is 3.79. The summed E-state index contributed by atoms with van der Waals surface area (Å²) in [6.07, 6.45) is 0. The Hall–Kier alpha value is -1.91. The van der Waals surface area contributed by atoms with E-state index in [9.17, 15) is 4.79 Å². The van der Waals surface area contributed by atoms with E-state index in [1.807, 2.05) is 60.5 Å². The van der Waals surface area contributed by atoms with Gasteiger partial charge in [-0.2, -0.15) is 0 Å². The number of hydrogen-bond donors (Lipinski definition) is 0. The number of carbonyl (C=O) groups is 1. The van der Waals surface area contributed by atoms with Crippen LogP contribution >= 0.6 is 22.9 Å². The van der Waals surface area contributed by atoms with Crippen molar-refractivity contribution < 1.29 is 4.79 Å². The van der Waals surface area contributed by atoms with E-state index in [2.05, 4.69) is 4.98 Å². The monoisotopic (exact) mass is 344 g/mol. The zero-order valence-corrected chi connectivity index (χ0v) is 14.6. The highest BCUT2D eigenvalue weighted by Gasteiger charge is 2.18. The minimum absolute atomic E-state index is 0.00720. The zero-order valence-electron chi connectivity index (χ0n) is 13.0. The molecule has 1 aromatic carbocycles. The zero-order chi connectivity index (χ0) is 16.4. The van der Waals surface area contributed by atoms with Crippen molar-refractivity contribution in [3.05, 3.63) is 62.9 Å². The molecule has 0 aliphatic rings. The molecule has 0 spiro atoms. The fourth-order valence-electron chi connectivity index (χ4n) is 2.55. The van der Waals surface area contributed by atoms with Gasteiger partial charge in [-0.3, -0.25) is 9.78 Å². The summed E-state index contributed by atoms with van der Waals surface area (Å²) in [5.74, 6) is 0.00720. The fourth-order valence-corrected chi connectivity index (χ4v) is 3.45. The molecule has 0 fully saturated rings. The summed E-state index contributed by atoms with van der Waals surface area (Å²) in [7, 11) is 0. The minimum atomic E-state index is 0.00720. The predicted molar refractivity (Wildman–Crippen MR) is 96.2 cm³/mol. The molecule has 0 aliphatic carbocycles. The van der Waals surface area contributed by atoms with Crippen molar-refractivity contribution >= 4 is 39.7 Å². The van der Waals surface area contributed by atoms with Crippen LogP contribution in [0, 0.1) is 6.92 Å². The first-order valence-corrected chi connectivity index (χ1v) is 8.73. The van der Waals surface area contributed by atoms with Crippen LogP contribution < -0.4 is 0 Å². The second kappa shape index (κ2) is 6.69. The Kier molecular flexibility index (Phi) is 4.64. The van der Waals surface area contributed by atoms with Crippen molar-refractivity contribution in [3.8, 4) is 0 Å². The highest BCUT2D eigenvalue weighted by molar-refractivity contribution is 7.09. The number of nitrogens with zero attached hydrogens (tertiary/aromatic N) is 2. The number of aryl methyl sites for hydroxylation is 1. The van der Waals surface area contributed by atoms with E-state index in [0.717, 1.165) is 16.6 Å². The molecule has 2 aromatic heterocycles. The number of aromatic nitrogens is 1. The number of rotatable bonds is 4. The largest absolute Gasteiger partial charge is 0.334 e. The van der Waals surface area contributed by atoms with Crippen LogP contribution in [-0.2, 0) is 6.54 Å². The highest BCUT2D eigenvalue weighted by atomic mass is 35.5. The molecule has 2 heterocycles. The maximum Gasteiger partial charge on any atom is 0.256 e. The summed E-state index contributed by atoms with van der Waals surface area (Å²) < 4.78 is 0. The summed E-state index contributed by atoms with van der Waals surface area (Å²) in [6.45, 7) is 5.15. The van der Waals surface area contributed by atoms with Gasteiger partial charge in [-0.25, -0.2) is 0 Å². The summed E-state index contributed by atoms with van der Waals surface area (Å²) in [5, 5.41) is 3.56. The summed E-state index contributed by atoms with van der Waals surface area (Å²) in [5.41, 5.74) is 2.23. The van der Waals surface area contributed by atoms with E-state index in [1.54, 1.807) is 11.3 Å². The van der Waals surface area contributed by atoms with Crippen LogP contribution in [0.3, 0.4) is 0 Å². The van der Waals surface area contributed by atoms with Gasteiger partial charge in [0.15, 0.2) is 0 Å². The lowest BCUT2D eigenvalue weighted by Gasteiger charge is -2.21. The maximum absolute atomic E-state index is 12.9. The molecule has 0 unspecified atom stereocenters. The minimum Gasteiger partial charge on any atom is -0.334 e. The van der Waals surface area contributed by atoms with Crippen molar-refractivity contribution in [2.24, 2.45) is 0 Å². The maximum atomic E-state index is 12.9. The van der Waals surface area contributed by atoms with Gasteiger partial charge in [-0.05, 0) is 49.6 Å². The summed E-state index contributed by atoms with van der Waals surface area (Å²) >= 11 is 7.71. The van der Waals surface area contributed by atoms with Crippen molar-refractivity contribution in [1.29, 1.82) is 0 Å². The fraction of sp³-hybridized carbons (Fsp3) is 0.222. The second-order valence-corrected chi connectivity index (χ2v) is 6.83. The molecule has 0 N–H and O–H groups in total. The molecule has 0 bridgehead atoms. The SMILES string of the molecule is CCN(Cc1cccs1)C(=O)c1cc2cc(Cl)ccc2nc1C. The Morgan fingerprint density at radius 3 is 2.83 bits per heavy atom. The smallest absolute Gasteiger partial charge is 0.256 e. The molecule has 23 heavy (non-hydrogen) atoms. The van der Waals surface area contributed by atoms with E-state index < -0.39 is 0 Å². The number of thiophene rings is 1. The Bertz CT molecular complexity index is 846. The molecule has 5 heteroatoms. The van der Waals surface area contributed by atoms with Crippen LogP contribution in [0.4, 0.5) is 0 Å². The van der Waals surface area contributed by atoms with E-state index in [-0.39, 0.29) is 5.91 Å². The van der Waals surface area contributed by atoms with E-state index in [0.29, 0.717) is 23.7 Å². The Morgan fingerprint density at radius 1 is 1.30 bits per heavy atom. The quantitative estimate of drug-likeness (QED) is 0.673. The third kappa shape index (κ3) is 3.38. The van der Waals surface area contributed by atoms with Crippen LogP contribution in [0.5, 0.6) is 0 Å². The first kappa shape index (κ1) is 16.0. The molecular formula is C18H17ClN2OS. The standard InChI is InChI=1S/C18H17ClN2OS/c1-3-21(11-15-5-4-8-23-15)18(22)16-10-13-9-14(19)6-7-17(13)20-12(16)2/h4-10H,3,11H2,1-2H3. The third-order valence-corrected chi connectivity index (χ3v) is 4.89. The predicted octanol–water partition coefficient (Wildman–Crippen LogP) is 4.92. The van der Waals surface area contributed by atoms with Crippen LogP contribution in [0.15, 0.2) is 41.8 Å². The van der Waals surface area contributed by atoms with E-state index in [4.69, 9.17) is 11.6 Å². The van der Waals surface area contributed by atoms with Gasteiger partial charge in [-0.1, -0.05) is 17.7 Å². The molecule has 3 aromatic rings. The number of pyridine rings is 1. The van der Waals surface area contributed by atoms with Gasteiger partial charge < -0.3 is 4.90 Å². The molecule has 118 valence electrons. The van der Waals surface area contributed by atoms with Gasteiger partial charge in [-0.15, -0.1) is 11.3 Å². The average Bonchev–Trinajstić information content (AvgIpc) is 3.05. The molecule has 3 nitrogen and oxygen atoms in total. The average molecular weight is 345 g/mol. The number of benzene rings is 1. The Morgan fingerprint density at radius 2 is 2.13 bits per heavy atom.